The van der Waals surface area contributed by atoms with Gasteiger partial charge in [-0.3, -0.25) is 0 Å². The molecule has 1 aromatic heterocycles. The van der Waals surface area contributed by atoms with Crippen molar-refractivity contribution in [2.24, 2.45) is 0 Å². The smallest absolute Gasteiger partial charge is 0.262 e. The van der Waals surface area contributed by atoms with Gasteiger partial charge in [0.15, 0.2) is 5.03 Å². The zero-order valence-corrected chi connectivity index (χ0v) is 15.9. The lowest BCUT2D eigenvalue weighted by atomic mass is 10.2. The van der Waals surface area contributed by atoms with Gasteiger partial charge in [-0.15, -0.1) is 0 Å². The standard InChI is InChI=1S/C19H21N3O4S/c1-25-17-7-3-15(4-8-17)12-22(27(23,24)19-11-20-14-21-19)13-16-5-9-18(26-2)10-6-16/h3-11,14H,12-13H2,1-2H3,(H,20,21). The molecule has 1 heterocycles. The highest BCUT2D eigenvalue weighted by molar-refractivity contribution is 7.89. The molecule has 1 N–H and O–H groups in total. The van der Waals surface area contributed by atoms with Crippen molar-refractivity contribution < 1.29 is 17.9 Å². The summed E-state index contributed by atoms with van der Waals surface area (Å²) in [6.45, 7) is 0.427. The second-order valence-corrected chi connectivity index (χ2v) is 7.76. The first-order valence-corrected chi connectivity index (χ1v) is 9.71. The van der Waals surface area contributed by atoms with Gasteiger partial charge in [0.2, 0.25) is 0 Å². The van der Waals surface area contributed by atoms with E-state index in [0.29, 0.717) is 0 Å². The van der Waals surface area contributed by atoms with E-state index in [9.17, 15) is 8.42 Å². The van der Waals surface area contributed by atoms with Crippen LogP contribution in [0.4, 0.5) is 0 Å². The Hall–Kier alpha value is -2.84. The predicted octanol–water partition coefficient (Wildman–Crippen LogP) is 2.82. The third kappa shape index (κ3) is 4.47. The van der Waals surface area contributed by atoms with Crippen molar-refractivity contribution in [3.63, 3.8) is 0 Å². The zero-order valence-electron chi connectivity index (χ0n) is 15.1. The maximum Gasteiger partial charge on any atom is 0.262 e. The fraction of sp³-hybridized carbons (Fsp3) is 0.211. The van der Waals surface area contributed by atoms with Crippen LogP contribution in [0.3, 0.4) is 0 Å². The maximum atomic E-state index is 13.0. The average molecular weight is 387 g/mol. The number of nitrogens with one attached hydrogen (secondary N) is 1. The molecule has 0 amide bonds. The molecule has 7 nitrogen and oxygen atoms in total. The molecule has 0 unspecified atom stereocenters. The monoisotopic (exact) mass is 387 g/mol. The van der Waals surface area contributed by atoms with Gasteiger partial charge < -0.3 is 14.5 Å². The van der Waals surface area contributed by atoms with Crippen molar-refractivity contribution in [2.45, 2.75) is 18.1 Å². The van der Waals surface area contributed by atoms with E-state index in [1.807, 2.05) is 48.5 Å². The van der Waals surface area contributed by atoms with Gasteiger partial charge in [0.25, 0.3) is 10.0 Å². The topological polar surface area (TPSA) is 84.5 Å². The molecular weight excluding hydrogens is 366 g/mol. The maximum absolute atomic E-state index is 13.0. The molecule has 0 spiro atoms. The number of aromatic nitrogens is 2. The Morgan fingerprint density at radius 1 is 0.889 bits per heavy atom. The number of benzene rings is 2. The summed E-state index contributed by atoms with van der Waals surface area (Å²) in [5.41, 5.74) is 1.70. The van der Waals surface area contributed by atoms with Crippen LogP contribution in [0.25, 0.3) is 0 Å². The summed E-state index contributed by atoms with van der Waals surface area (Å²) in [7, 11) is -0.576. The second kappa shape index (κ2) is 8.24. The van der Waals surface area contributed by atoms with E-state index in [2.05, 4.69) is 9.97 Å². The summed E-state index contributed by atoms with van der Waals surface area (Å²) in [6.07, 6.45) is 2.73. The number of methoxy groups -OCH3 is 2. The number of nitrogens with zero attached hydrogens (tertiary/aromatic N) is 2. The Kier molecular flexibility index (Phi) is 5.78. The van der Waals surface area contributed by atoms with Crippen LogP contribution in [0.2, 0.25) is 0 Å². The highest BCUT2D eigenvalue weighted by Crippen LogP contribution is 2.22. The molecule has 0 radical (unpaired) electrons. The van der Waals surface area contributed by atoms with Gasteiger partial charge in [0, 0.05) is 19.3 Å². The molecule has 0 saturated heterocycles. The molecule has 0 aliphatic heterocycles. The summed E-state index contributed by atoms with van der Waals surface area (Å²) in [5, 5.41) is -0.00970. The largest absolute Gasteiger partial charge is 0.497 e. The second-order valence-electron chi connectivity index (χ2n) is 5.88. The van der Waals surface area contributed by atoms with E-state index in [1.165, 1.54) is 16.8 Å². The van der Waals surface area contributed by atoms with E-state index in [4.69, 9.17) is 9.47 Å². The number of hydrogen-bond donors (Lipinski definition) is 1. The lowest BCUT2D eigenvalue weighted by Gasteiger charge is -2.21. The molecule has 142 valence electrons. The quantitative estimate of drug-likeness (QED) is 0.642. The number of hydrogen-bond acceptors (Lipinski definition) is 5. The molecule has 0 fully saturated rings. The molecule has 8 heteroatoms. The number of imidazole rings is 1. The SMILES string of the molecule is COc1ccc(CN(Cc2ccc(OC)cc2)S(=O)(=O)c2c[nH]cn2)cc1. The fourth-order valence-corrected chi connectivity index (χ4v) is 3.92. The minimum Gasteiger partial charge on any atom is -0.497 e. The number of sulfonamides is 1. The van der Waals surface area contributed by atoms with Gasteiger partial charge in [-0.1, -0.05) is 24.3 Å². The minimum absolute atomic E-state index is 0.00970. The van der Waals surface area contributed by atoms with Crippen LogP contribution in [0, 0.1) is 0 Å². The summed E-state index contributed by atoms with van der Waals surface area (Å²) in [5.74, 6) is 1.44. The summed E-state index contributed by atoms with van der Waals surface area (Å²) < 4.78 is 37.8. The van der Waals surface area contributed by atoms with Crippen LogP contribution in [0.15, 0.2) is 66.1 Å². The normalized spacial score (nSPS) is 11.5. The number of ether oxygens (including phenoxy) is 2. The van der Waals surface area contributed by atoms with E-state index in [1.54, 1.807) is 14.2 Å². The van der Waals surface area contributed by atoms with Gasteiger partial charge in [0.05, 0.1) is 20.5 Å². The van der Waals surface area contributed by atoms with Crippen molar-refractivity contribution in [3.05, 3.63) is 72.2 Å². The number of rotatable bonds is 8. The fourth-order valence-electron chi connectivity index (χ4n) is 2.62. The highest BCUT2D eigenvalue weighted by Gasteiger charge is 2.26. The first-order chi connectivity index (χ1) is 13.0. The van der Waals surface area contributed by atoms with E-state index < -0.39 is 10.0 Å². The van der Waals surface area contributed by atoms with Crippen LogP contribution in [0.1, 0.15) is 11.1 Å². The Balaban J connectivity index is 1.89. The van der Waals surface area contributed by atoms with E-state index in [-0.39, 0.29) is 18.1 Å². The molecular formula is C19H21N3O4S. The van der Waals surface area contributed by atoms with Crippen LogP contribution < -0.4 is 9.47 Å². The minimum atomic E-state index is -3.76. The molecule has 0 aliphatic carbocycles. The average Bonchev–Trinajstić information content (AvgIpc) is 3.24. The summed E-state index contributed by atoms with van der Waals surface area (Å²) in [6, 6.07) is 14.6. The number of aromatic amines is 1. The van der Waals surface area contributed by atoms with Crippen molar-refractivity contribution in [2.75, 3.05) is 14.2 Å². The number of H-pyrrole nitrogens is 1. The van der Waals surface area contributed by atoms with Crippen molar-refractivity contribution in [1.82, 2.24) is 14.3 Å². The zero-order chi connectivity index (χ0) is 19.3. The molecule has 0 bridgehead atoms. The van der Waals surface area contributed by atoms with Gasteiger partial charge >= 0.3 is 0 Å². The van der Waals surface area contributed by atoms with Crippen molar-refractivity contribution >= 4 is 10.0 Å². The predicted molar refractivity (Wildman–Crippen MR) is 101 cm³/mol. The lowest BCUT2D eigenvalue weighted by molar-refractivity contribution is 0.396. The van der Waals surface area contributed by atoms with Crippen molar-refractivity contribution in [1.29, 1.82) is 0 Å². The molecule has 0 saturated carbocycles. The summed E-state index contributed by atoms with van der Waals surface area (Å²) in [4.78, 5) is 6.62. The summed E-state index contributed by atoms with van der Waals surface area (Å²) >= 11 is 0. The van der Waals surface area contributed by atoms with Crippen LogP contribution in [-0.2, 0) is 23.1 Å². The van der Waals surface area contributed by atoms with E-state index in [0.717, 1.165) is 22.6 Å². The molecule has 27 heavy (non-hydrogen) atoms. The Morgan fingerprint density at radius 3 is 1.74 bits per heavy atom. The first-order valence-electron chi connectivity index (χ1n) is 8.27. The third-order valence-corrected chi connectivity index (χ3v) is 5.80. The van der Waals surface area contributed by atoms with Crippen molar-refractivity contribution in [3.8, 4) is 11.5 Å². The molecule has 3 rings (SSSR count). The van der Waals surface area contributed by atoms with Gasteiger partial charge in [-0.25, -0.2) is 13.4 Å². The van der Waals surface area contributed by atoms with Crippen LogP contribution in [0.5, 0.6) is 11.5 Å². The van der Waals surface area contributed by atoms with Gasteiger partial charge in [-0.05, 0) is 35.4 Å². The highest BCUT2D eigenvalue weighted by atomic mass is 32.2. The molecule has 2 aromatic carbocycles. The Morgan fingerprint density at radius 2 is 1.37 bits per heavy atom. The molecule has 0 atom stereocenters. The Labute approximate surface area is 158 Å². The van der Waals surface area contributed by atoms with Crippen LogP contribution in [-0.4, -0.2) is 36.9 Å². The molecule has 3 aromatic rings. The Bertz CT molecular complexity index is 904. The van der Waals surface area contributed by atoms with Crippen LogP contribution >= 0.6 is 0 Å². The first kappa shape index (κ1) is 18.9. The van der Waals surface area contributed by atoms with Gasteiger partial charge in [-0.2, -0.15) is 4.31 Å². The lowest BCUT2D eigenvalue weighted by Crippen LogP contribution is -2.30. The van der Waals surface area contributed by atoms with E-state index >= 15 is 0 Å². The molecule has 0 aliphatic rings. The third-order valence-electron chi connectivity index (χ3n) is 4.11. The van der Waals surface area contributed by atoms with Gasteiger partial charge in [0.1, 0.15) is 11.5 Å².